The largest absolute Gasteiger partial charge is 0.398 e. The zero-order valence-corrected chi connectivity index (χ0v) is 12.4. The second-order valence-corrected chi connectivity index (χ2v) is 6.34. The molecular weight excluding hydrogens is 272 g/mol. The summed E-state index contributed by atoms with van der Waals surface area (Å²) in [5, 5.41) is 0.399. The Hall–Kier alpha value is -1.22. The van der Waals surface area contributed by atoms with Gasteiger partial charge in [-0.3, -0.25) is 4.79 Å². The minimum Gasteiger partial charge on any atom is -0.398 e. The number of hydrogen-bond acceptors (Lipinski definition) is 2. The standard InChI is InChI=1S/C16H21ClN2O/c17-15-12(7-3-8-13(15)18)16(20)19-10-4-6-11-5-1-2-9-14(11)19/h3,7-8,11,14H,1-2,4-6,9-10,18H2/t11-,14-/m1/s1. The Morgan fingerprint density at radius 1 is 1.20 bits per heavy atom. The van der Waals surface area contributed by atoms with Crippen LogP contribution in [0.1, 0.15) is 48.9 Å². The minimum atomic E-state index is 0.0545. The highest BCUT2D eigenvalue weighted by Crippen LogP contribution is 2.36. The summed E-state index contributed by atoms with van der Waals surface area (Å²) in [6.45, 7) is 0.852. The smallest absolute Gasteiger partial charge is 0.255 e. The number of halogens is 1. The summed E-state index contributed by atoms with van der Waals surface area (Å²) in [5.41, 5.74) is 6.85. The highest BCUT2D eigenvalue weighted by Gasteiger charge is 2.36. The van der Waals surface area contributed by atoms with Crippen LogP contribution < -0.4 is 5.73 Å². The van der Waals surface area contributed by atoms with Crippen molar-refractivity contribution in [2.24, 2.45) is 5.92 Å². The van der Waals surface area contributed by atoms with Crippen molar-refractivity contribution < 1.29 is 4.79 Å². The lowest BCUT2D eigenvalue weighted by molar-refractivity contribution is 0.0391. The zero-order valence-electron chi connectivity index (χ0n) is 11.6. The monoisotopic (exact) mass is 292 g/mol. The Bertz CT molecular complexity index is 515. The van der Waals surface area contributed by atoms with Crippen LogP contribution in [-0.4, -0.2) is 23.4 Å². The van der Waals surface area contributed by atoms with E-state index in [-0.39, 0.29) is 5.91 Å². The van der Waals surface area contributed by atoms with Crippen molar-refractivity contribution in [3.63, 3.8) is 0 Å². The number of nitrogens with two attached hydrogens (primary N) is 1. The van der Waals surface area contributed by atoms with Gasteiger partial charge in [0.25, 0.3) is 5.91 Å². The molecular formula is C16H21ClN2O. The third kappa shape index (κ3) is 2.39. The molecule has 1 saturated carbocycles. The van der Waals surface area contributed by atoms with Gasteiger partial charge in [-0.25, -0.2) is 0 Å². The number of anilines is 1. The molecule has 0 unspecified atom stereocenters. The van der Waals surface area contributed by atoms with Gasteiger partial charge >= 0.3 is 0 Å². The van der Waals surface area contributed by atoms with Crippen molar-refractivity contribution in [1.82, 2.24) is 4.90 Å². The summed E-state index contributed by atoms with van der Waals surface area (Å²) in [6.07, 6.45) is 7.30. The summed E-state index contributed by atoms with van der Waals surface area (Å²) in [5.74, 6) is 0.736. The zero-order chi connectivity index (χ0) is 14.1. The molecule has 1 amide bonds. The maximum Gasteiger partial charge on any atom is 0.255 e. The van der Waals surface area contributed by atoms with Gasteiger partial charge in [0.1, 0.15) is 0 Å². The lowest BCUT2D eigenvalue weighted by Gasteiger charge is -2.44. The van der Waals surface area contributed by atoms with E-state index in [1.807, 2.05) is 4.90 Å². The maximum atomic E-state index is 12.8. The first-order valence-corrected chi connectivity index (χ1v) is 7.91. The fraction of sp³-hybridized carbons (Fsp3) is 0.562. The van der Waals surface area contributed by atoms with E-state index >= 15 is 0 Å². The van der Waals surface area contributed by atoms with E-state index in [0.717, 1.165) is 19.4 Å². The summed E-state index contributed by atoms with van der Waals surface area (Å²) in [4.78, 5) is 14.9. The molecule has 3 nitrogen and oxygen atoms in total. The Labute approximate surface area is 125 Å². The van der Waals surface area contributed by atoms with E-state index in [1.54, 1.807) is 18.2 Å². The second kappa shape index (κ2) is 5.65. The van der Waals surface area contributed by atoms with Gasteiger partial charge in [-0.2, -0.15) is 0 Å². The molecule has 2 N–H and O–H groups in total. The van der Waals surface area contributed by atoms with Crippen molar-refractivity contribution in [1.29, 1.82) is 0 Å². The highest BCUT2D eigenvalue weighted by molar-refractivity contribution is 6.36. The van der Waals surface area contributed by atoms with Crippen LogP contribution in [0.25, 0.3) is 0 Å². The molecule has 1 aromatic rings. The van der Waals surface area contributed by atoms with Crippen molar-refractivity contribution in [3.05, 3.63) is 28.8 Å². The number of carbonyl (C=O) groups is 1. The molecule has 1 heterocycles. The van der Waals surface area contributed by atoms with Gasteiger partial charge in [0.05, 0.1) is 16.3 Å². The molecule has 4 heteroatoms. The number of rotatable bonds is 1. The summed E-state index contributed by atoms with van der Waals surface area (Å²) < 4.78 is 0. The molecule has 0 spiro atoms. The molecule has 0 bridgehead atoms. The summed E-state index contributed by atoms with van der Waals surface area (Å²) >= 11 is 6.21. The van der Waals surface area contributed by atoms with Crippen molar-refractivity contribution in [2.45, 2.75) is 44.6 Å². The van der Waals surface area contributed by atoms with Gasteiger partial charge in [-0.15, -0.1) is 0 Å². The molecule has 1 aliphatic heterocycles. The molecule has 20 heavy (non-hydrogen) atoms. The number of amides is 1. The van der Waals surface area contributed by atoms with Crippen molar-refractivity contribution in [3.8, 4) is 0 Å². The molecule has 3 rings (SSSR count). The van der Waals surface area contributed by atoms with E-state index in [0.29, 0.717) is 28.2 Å². The van der Waals surface area contributed by atoms with Crippen LogP contribution >= 0.6 is 11.6 Å². The number of piperidine rings is 1. The lowest BCUT2D eigenvalue weighted by atomic mass is 9.78. The first-order valence-electron chi connectivity index (χ1n) is 7.53. The van der Waals surface area contributed by atoms with E-state index in [9.17, 15) is 4.79 Å². The molecule has 1 saturated heterocycles. The van der Waals surface area contributed by atoms with Crippen molar-refractivity contribution in [2.75, 3.05) is 12.3 Å². The van der Waals surface area contributed by atoms with E-state index in [1.165, 1.54) is 25.7 Å². The van der Waals surface area contributed by atoms with E-state index < -0.39 is 0 Å². The van der Waals surface area contributed by atoms with Crippen molar-refractivity contribution >= 4 is 23.2 Å². The van der Waals surface area contributed by atoms with Crippen LogP contribution in [-0.2, 0) is 0 Å². The van der Waals surface area contributed by atoms with Gasteiger partial charge in [0.2, 0.25) is 0 Å². The van der Waals surface area contributed by atoms with Gasteiger partial charge in [0, 0.05) is 12.6 Å². The van der Waals surface area contributed by atoms with Gasteiger partial charge in [-0.1, -0.05) is 30.5 Å². The third-order valence-electron chi connectivity index (χ3n) is 4.76. The van der Waals surface area contributed by atoms with E-state index in [2.05, 4.69) is 0 Å². The molecule has 1 aromatic carbocycles. The van der Waals surface area contributed by atoms with Crippen LogP contribution in [0.15, 0.2) is 18.2 Å². The van der Waals surface area contributed by atoms with Gasteiger partial charge < -0.3 is 10.6 Å². The Morgan fingerprint density at radius 2 is 1.95 bits per heavy atom. The van der Waals surface area contributed by atoms with Crippen LogP contribution in [0.5, 0.6) is 0 Å². The summed E-state index contributed by atoms with van der Waals surface area (Å²) in [7, 11) is 0. The quantitative estimate of drug-likeness (QED) is 0.802. The number of carbonyl (C=O) groups excluding carboxylic acids is 1. The predicted octanol–water partition coefficient (Wildman–Crippen LogP) is 3.72. The van der Waals surface area contributed by atoms with E-state index in [4.69, 9.17) is 17.3 Å². The van der Waals surface area contributed by atoms with Crippen LogP contribution in [0.2, 0.25) is 5.02 Å². The fourth-order valence-electron chi connectivity index (χ4n) is 3.75. The topological polar surface area (TPSA) is 46.3 Å². The number of nitrogen functional groups attached to an aromatic ring is 1. The molecule has 2 atom stereocenters. The maximum absolute atomic E-state index is 12.8. The first-order chi connectivity index (χ1) is 9.68. The first kappa shape index (κ1) is 13.7. The lowest BCUT2D eigenvalue weighted by Crippen LogP contribution is -2.49. The molecule has 1 aliphatic carbocycles. The third-order valence-corrected chi connectivity index (χ3v) is 5.18. The summed E-state index contributed by atoms with van der Waals surface area (Å²) in [6, 6.07) is 5.73. The number of nitrogens with zero attached hydrogens (tertiary/aromatic N) is 1. The SMILES string of the molecule is Nc1cccc(C(=O)N2CCC[C@H]3CCCC[C@H]32)c1Cl. The molecule has 2 fully saturated rings. The second-order valence-electron chi connectivity index (χ2n) is 5.96. The number of likely N-dealkylation sites (tertiary alicyclic amines) is 1. The van der Waals surface area contributed by atoms with Gasteiger partial charge in [-0.05, 0) is 43.7 Å². The normalized spacial score (nSPS) is 26.1. The number of hydrogen-bond donors (Lipinski definition) is 1. The van der Waals surface area contributed by atoms with Crippen LogP contribution in [0.3, 0.4) is 0 Å². The highest BCUT2D eigenvalue weighted by atomic mass is 35.5. The Morgan fingerprint density at radius 3 is 2.80 bits per heavy atom. The number of benzene rings is 1. The fourth-order valence-corrected chi connectivity index (χ4v) is 3.95. The Balaban J connectivity index is 1.87. The van der Waals surface area contributed by atoms with Crippen LogP contribution in [0.4, 0.5) is 5.69 Å². The minimum absolute atomic E-state index is 0.0545. The average molecular weight is 293 g/mol. The predicted molar refractivity (Wildman–Crippen MR) is 81.9 cm³/mol. The number of fused-ring (bicyclic) bond motifs is 1. The molecule has 0 aromatic heterocycles. The Kier molecular flexibility index (Phi) is 3.88. The van der Waals surface area contributed by atoms with Crippen LogP contribution in [0, 0.1) is 5.92 Å². The van der Waals surface area contributed by atoms with Gasteiger partial charge in [0.15, 0.2) is 0 Å². The molecule has 0 radical (unpaired) electrons. The average Bonchev–Trinajstić information content (AvgIpc) is 2.49. The molecule has 2 aliphatic rings. The molecule has 108 valence electrons.